The number of para-hydroxylation sites is 1. The molecule has 0 radical (unpaired) electrons. The Kier molecular flexibility index (Phi) is 4.79. The zero-order chi connectivity index (χ0) is 14.5. The predicted molar refractivity (Wildman–Crippen MR) is 85.4 cm³/mol. The van der Waals surface area contributed by atoms with Gasteiger partial charge in [-0.15, -0.1) is 11.3 Å². The van der Waals surface area contributed by atoms with E-state index in [0.717, 1.165) is 21.7 Å². The third-order valence-corrected chi connectivity index (χ3v) is 4.05. The fourth-order valence-corrected chi connectivity index (χ4v) is 2.73. The van der Waals surface area contributed by atoms with Gasteiger partial charge in [0, 0.05) is 10.6 Å². The van der Waals surface area contributed by atoms with Gasteiger partial charge in [-0.1, -0.05) is 38.1 Å². The molecular weight excluding hydrogens is 268 g/mol. The molecule has 4 heteroatoms. The van der Waals surface area contributed by atoms with Crippen LogP contribution in [0.5, 0.6) is 0 Å². The molecule has 1 heterocycles. The molecule has 0 aliphatic rings. The molecule has 1 aromatic heterocycles. The summed E-state index contributed by atoms with van der Waals surface area (Å²) in [6.45, 7) is 6.83. The highest BCUT2D eigenvalue weighted by Crippen LogP contribution is 2.27. The lowest BCUT2D eigenvalue weighted by Gasteiger charge is -2.16. The molecule has 2 amide bonds. The first-order chi connectivity index (χ1) is 9.58. The first-order valence-corrected chi connectivity index (χ1v) is 7.62. The van der Waals surface area contributed by atoms with Crippen LogP contribution in [0.4, 0.5) is 10.5 Å². The van der Waals surface area contributed by atoms with Crippen molar-refractivity contribution in [1.82, 2.24) is 5.32 Å². The Bertz CT molecular complexity index is 576. The van der Waals surface area contributed by atoms with Crippen LogP contribution in [0, 0.1) is 6.92 Å². The van der Waals surface area contributed by atoms with Crippen molar-refractivity contribution in [1.29, 1.82) is 0 Å². The van der Waals surface area contributed by atoms with E-state index in [4.69, 9.17) is 0 Å². The van der Waals surface area contributed by atoms with Crippen LogP contribution in [0.3, 0.4) is 0 Å². The van der Waals surface area contributed by atoms with Gasteiger partial charge in [-0.25, -0.2) is 4.79 Å². The van der Waals surface area contributed by atoms with Crippen molar-refractivity contribution in [2.45, 2.75) is 33.2 Å². The molecule has 2 rings (SSSR count). The van der Waals surface area contributed by atoms with E-state index in [1.54, 1.807) is 11.3 Å². The van der Waals surface area contributed by atoms with Gasteiger partial charge in [0.25, 0.3) is 0 Å². The maximum atomic E-state index is 12.0. The van der Waals surface area contributed by atoms with E-state index in [1.807, 2.05) is 36.6 Å². The first kappa shape index (κ1) is 14.6. The number of rotatable bonds is 4. The van der Waals surface area contributed by atoms with Crippen molar-refractivity contribution in [2.75, 3.05) is 5.32 Å². The summed E-state index contributed by atoms with van der Waals surface area (Å²) >= 11 is 1.64. The van der Waals surface area contributed by atoms with E-state index in [1.165, 1.54) is 0 Å². The average Bonchev–Trinajstić information content (AvgIpc) is 2.91. The monoisotopic (exact) mass is 288 g/mol. The fraction of sp³-hybridized carbons (Fsp3) is 0.312. The molecular formula is C16H20N2OS. The third-order valence-electron chi connectivity index (χ3n) is 3.17. The van der Waals surface area contributed by atoms with Gasteiger partial charge in [-0.3, -0.25) is 0 Å². The summed E-state index contributed by atoms with van der Waals surface area (Å²) in [4.78, 5) is 13.2. The minimum absolute atomic E-state index is 0.158. The molecule has 0 aliphatic heterocycles. The highest BCUT2D eigenvalue weighted by Gasteiger charge is 2.11. The van der Waals surface area contributed by atoms with Crippen LogP contribution in [-0.4, -0.2) is 6.03 Å². The number of carbonyl (C=O) groups excluding carboxylic acids is 1. The molecule has 0 spiro atoms. The minimum atomic E-state index is -0.158. The van der Waals surface area contributed by atoms with Crippen LogP contribution in [0.1, 0.15) is 35.8 Å². The summed E-state index contributed by atoms with van der Waals surface area (Å²) in [5.74, 6) is 0.377. The van der Waals surface area contributed by atoms with Gasteiger partial charge >= 0.3 is 6.03 Å². The highest BCUT2D eigenvalue weighted by atomic mass is 32.1. The summed E-state index contributed by atoms with van der Waals surface area (Å²) < 4.78 is 0. The highest BCUT2D eigenvalue weighted by molar-refractivity contribution is 7.09. The fourth-order valence-electron chi connectivity index (χ4n) is 2.08. The normalized spacial score (nSPS) is 10.6. The van der Waals surface area contributed by atoms with Crippen LogP contribution in [0.25, 0.3) is 0 Å². The number of carbonyl (C=O) groups is 1. The lowest BCUT2D eigenvalue weighted by Crippen LogP contribution is -2.28. The number of thiophene rings is 1. The summed E-state index contributed by atoms with van der Waals surface area (Å²) in [6, 6.07) is 9.94. The van der Waals surface area contributed by atoms with E-state index in [9.17, 15) is 4.79 Å². The van der Waals surface area contributed by atoms with Crippen LogP contribution in [-0.2, 0) is 6.54 Å². The van der Waals surface area contributed by atoms with Crippen molar-refractivity contribution in [3.05, 3.63) is 51.7 Å². The molecule has 0 fully saturated rings. The standard InChI is InChI=1S/C16H20N2OS/c1-11(2)14-8-4-6-12(3)15(14)18-16(19)17-10-13-7-5-9-20-13/h4-9,11H,10H2,1-3H3,(H2,17,18,19). The number of hydrogen-bond donors (Lipinski definition) is 2. The number of aryl methyl sites for hydroxylation is 1. The summed E-state index contributed by atoms with van der Waals surface area (Å²) in [7, 11) is 0. The lowest BCUT2D eigenvalue weighted by molar-refractivity contribution is 0.252. The van der Waals surface area contributed by atoms with Gasteiger partial charge in [-0.05, 0) is 35.4 Å². The Balaban J connectivity index is 2.04. The number of amides is 2. The smallest absolute Gasteiger partial charge is 0.319 e. The average molecular weight is 288 g/mol. The maximum absolute atomic E-state index is 12.0. The van der Waals surface area contributed by atoms with Crippen LogP contribution >= 0.6 is 11.3 Å². The second-order valence-electron chi connectivity index (χ2n) is 5.08. The van der Waals surface area contributed by atoms with Crippen molar-refractivity contribution in [3.63, 3.8) is 0 Å². The second kappa shape index (κ2) is 6.57. The SMILES string of the molecule is Cc1cccc(C(C)C)c1NC(=O)NCc1cccs1. The quantitative estimate of drug-likeness (QED) is 0.854. The molecule has 3 nitrogen and oxygen atoms in total. The van der Waals surface area contributed by atoms with Gasteiger partial charge in [0.15, 0.2) is 0 Å². The Morgan fingerprint density at radius 3 is 2.70 bits per heavy atom. The second-order valence-corrected chi connectivity index (χ2v) is 6.11. The number of benzene rings is 1. The Morgan fingerprint density at radius 2 is 2.05 bits per heavy atom. The van der Waals surface area contributed by atoms with E-state index in [2.05, 4.69) is 30.5 Å². The molecule has 20 heavy (non-hydrogen) atoms. The molecule has 0 aliphatic carbocycles. The van der Waals surface area contributed by atoms with Crippen molar-refractivity contribution < 1.29 is 4.79 Å². The third kappa shape index (κ3) is 3.61. The first-order valence-electron chi connectivity index (χ1n) is 6.74. The molecule has 0 bridgehead atoms. The van der Waals surface area contributed by atoms with Gasteiger partial charge in [0.2, 0.25) is 0 Å². The van der Waals surface area contributed by atoms with E-state index < -0.39 is 0 Å². The lowest BCUT2D eigenvalue weighted by atomic mass is 9.98. The Labute approximate surface area is 124 Å². The Morgan fingerprint density at radius 1 is 1.25 bits per heavy atom. The summed E-state index contributed by atoms with van der Waals surface area (Å²) in [5.41, 5.74) is 3.17. The zero-order valence-electron chi connectivity index (χ0n) is 12.1. The molecule has 2 aromatic rings. The van der Waals surface area contributed by atoms with Gasteiger partial charge in [-0.2, -0.15) is 0 Å². The Hall–Kier alpha value is -1.81. The predicted octanol–water partition coefficient (Wildman–Crippen LogP) is 4.50. The van der Waals surface area contributed by atoms with Gasteiger partial charge < -0.3 is 10.6 Å². The van der Waals surface area contributed by atoms with E-state index in [-0.39, 0.29) is 6.03 Å². The van der Waals surface area contributed by atoms with Crippen molar-refractivity contribution in [3.8, 4) is 0 Å². The van der Waals surface area contributed by atoms with Crippen LogP contribution in [0.2, 0.25) is 0 Å². The molecule has 0 saturated carbocycles. The van der Waals surface area contributed by atoms with Gasteiger partial charge in [0.05, 0.1) is 6.54 Å². The molecule has 2 N–H and O–H groups in total. The molecule has 0 unspecified atom stereocenters. The summed E-state index contributed by atoms with van der Waals surface area (Å²) in [6.07, 6.45) is 0. The minimum Gasteiger partial charge on any atom is -0.333 e. The largest absolute Gasteiger partial charge is 0.333 e. The molecule has 106 valence electrons. The molecule has 1 aromatic carbocycles. The van der Waals surface area contributed by atoms with Crippen molar-refractivity contribution >= 4 is 23.1 Å². The summed E-state index contributed by atoms with van der Waals surface area (Å²) in [5, 5.41) is 7.87. The zero-order valence-corrected chi connectivity index (χ0v) is 12.9. The number of hydrogen-bond acceptors (Lipinski definition) is 2. The maximum Gasteiger partial charge on any atom is 0.319 e. The van der Waals surface area contributed by atoms with E-state index >= 15 is 0 Å². The van der Waals surface area contributed by atoms with E-state index in [0.29, 0.717) is 12.5 Å². The van der Waals surface area contributed by atoms with Gasteiger partial charge in [0.1, 0.15) is 0 Å². The van der Waals surface area contributed by atoms with Crippen LogP contribution < -0.4 is 10.6 Å². The number of nitrogens with one attached hydrogen (secondary N) is 2. The molecule has 0 saturated heterocycles. The van der Waals surface area contributed by atoms with Crippen molar-refractivity contribution in [2.24, 2.45) is 0 Å². The molecule has 0 atom stereocenters. The van der Waals surface area contributed by atoms with Crippen LogP contribution in [0.15, 0.2) is 35.7 Å². The number of anilines is 1. The number of urea groups is 1. The topological polar surface area (TPSA) is 41.1 Å².